The molecule has 0 spiro atoms. The van der Waals surface area contributed by atoms with E-state index in [1.807, 2.05) is 24.3 Å². The Balaban J connectivity index is 2.20. The van der Waals surface area contributed by atoms with Crippen LogP contribution in [0.3, 0.4) is 0 Å². The van der Waals surface area contributed by atoms with E-state index >= 15 is 0 Å². The van der Waals surface area contributed by atoms with Crippen molar-refractivity contribution < 1.29 is 9.76 Å². The molecule has 6 nitrogen and oxygen atoms in total. The number of non-ortho nitro benzene ring substituents is 1. The van der Waals surface area contributed by atoms with Crippen LogP contribution in [0.2, 0.25) is 0 Å². The van der Waals surface area contributed by atoms with Crippen molar-refractivity contribution in [2.75, 3.05) is 5.73 Å². The number of benzene rings is 2. The molecule has 0 saturated carbocycles. The SMILES string of the molecule is C/C(=N/Oc1cc(N)cc([N+](=O)[O-])c1)c1ccc(Br)cc1. The topological polar surface area (TPSA) is 90.8 Å². The van der Waals surface area contributed by atoms with E-state index in [1.165, 1.54) is 18.2 Å². The predicted octanol–water partition coefficient (Wildman–Crippen LogP) is 3.74. The number of anilines is 1. The second kappa shape index (κ2) is 6.36. The van der Waals surface area contributed by atoms with Gasteiger partial charge in [0.15, 0.2) is 5.75 Å². The average molecular weight is 350 g/mol. The van der Waals surface area contributed by atoms with Gasteiger partial charge in [-0.1, -0.05) is 33.2 Å². The Morgan fingerprint density at radius 1 is 1.29 bits per heavy atom. The first kappa shape index (κ1) is 15.0. The summed E-state index contributed by atoms with van der Waals surface area (Å²) in [7, 11) is 0. The van der Waals surface area contributed by atoms with E-state index in [2.05, 4.69) is 21.1 Å². The number of nitrogen functional groups attached to an aromatic ring is 1. The molecule has 0 aliphatic rings. The molecule has 0 aromatic heterocycles. The number of nitro benzene ring substituents is 1. The minimum Gasteiger partial charge on any atom is -0.398 e. The summed E-state index contributed by atoms with van der Waals surface area (Å²) in [4.78, 5) is 15.4. The fourth-order valence-electron chi connectivity index (χ4n) is 1.63. The lowest BCUT2D eigenvalue weighted by atomic mass is 10.1. The van der Waals surface area contributed by atoms with Crippen LogP contribution < -0.4 is 10.6 Å². The largest absolute Gasteiger partial charge is 0.398 e. The summed E-state index contributed by atoms with van der Waals surface area (Å²) in [6, 6.07) is 11.6. The van der Waals surface area contributed by atoms with Crippen molar-refractivity contribution in [2.45, 2.75) is 6.92 Å². The van der Waals surface area contributed by atoms with Crippen LogP contribution in [0.15, 0.2) is 52.1 Å². The van der Waals surface area contributed by atoms with Gasteiger partial charge in [0.2, 0.25) is 0 Å². The minimum atomic E-state index is -0.533. The van der Waals surface area contributed by atoms with Crippen LogP contribution in [0.5, 0.6) is 5.75 Å². The van der Waals surface area contributed by atoms with Crippen molar-refractivity contribution in [2.24, 2.45) is 5.16 Å². The smallest absolute Gasteiger partial charge is 0.275 e. The third-order valence-corrected chi connectivity index (χ3v) is 3.20. The summed E-state index contributed by atoms with van der Waals surface area (Å²) in [5.74, 6) is 0.221. The van der Waals surface area contributed by atoms with Crippen molar-refractivity contribution in [3.63, 3.8) is 0 Å². The first-order valence-electron chi connectivity index (χ1n) is 5.98. The van der Waals surface area contributed by atoms with Gasteiger partial charge in [-0.25, -0.2) is 0 Å². The zero-order chi connectivity index (χ0) is 15.4. The Labute approximate surface area is 129 Å². The molecule has 0 heterocycles. The number of hydrogen-bond donors (Lipinski definition) is 1. The Morgan fingerprint density at radius 3 is 2.57 bits per heavy atom. The van der Waals surface area contributed by atoms with Gasteiger partial charge >= 0.3 is 0 Å². The summed E-state index contributed by atoms with van der Waals surface area (Å²) in [5.41, 5.74) is 7.23. The quantitative estimate of drug-likeness (QED) is 0.394. The zero-order valence-electron chi connectivity index (χ0n) is 11.1. The molecule has 0 amide bonds. The number of nitro groups is 1. The standard InChI is InChI=1S/C14H12BrN3O3/c1-9(10-2-4-11(15)5-3-10)17-21-14-7-12(16)6-13(8-14)18(19)20/h2-8H,16H2,1H3/b17-9-. The van der Waals surface area contributed by atoms with E-state index in [0.29, 0.717) is 5.71 Å². The van der Waals surface area contributed by atoms with E-state index in [-0.39, 0.29) is 17.1 Å². The normalized spacial score (nSPS) is 11.2. The van der Waals surface area contributed by atoms with Crippen LogP contribution in [-0.2, 0) is 0 Å². The van der Waals surface area contributed by atoms with Crippen LogP contribution in [-0.4, -0.2) is 10.6 Å². The van der Waals surface area contributed by atoms with E-state index < -0.39 is 4.92 Å². The monoisotopic (exact) mass is 349 g/mol. The molecule has 0 radical (unpaired) electrons. The fraction of sp³-hybridized carbons (Fsp3) is 0.0714. The van der Waals surface area contributed by atoms with Crippen molar-refractivity contribution in [3.8, 4) is 5.75 Å². The van der Waals surface area contributed by atoms with Gasteiger partial charge in [-0.15, -0.1) is 0 Å². The fourth-order valence-corrected chi connectivity index (χ4v) is 1.89. The Bertz CT molecular complexity index is 699. The van der Waals surface area contributed by atoms with E-state index in [4.69, 9.17) is 10.6 Å². The van der Waals surface area contributed by atoms with Crippen molar-refractivity contribution in [1.29, 1.82) is 0 Å². The molecule has 0 aliphatic heterocycles. The maximum atomic E-state index is 10.8. The highest BCUT2D eigenvalue weighted by Crippen LogP contribution is 2.24. The van der Waals surface area contributed by atoms with Gasteiger partial charge in [0.1, 0.15) is 0 Å². The van der Waals surface area contributed by atoms with Crippen LogP contribution in [0, 0.1) is 10.1 Å². The van der Waals surface area contributed by atoms with Crippen LogP contribution in [0.4, 0.5) is 11.4 Å². The first-order chi connectivity index (χ1) is 9.95. The third kappa shape index (κ3) is 4.03. The summed E-state index contributed by atoms with van der Waals surface area (Å²) in [6.07, 6.45) is 0. The van der Waals surface area contributed by atoms with Crippen molar-refractivity contribution >= 4 is 33.0 Å². The number of halogens is 1. The maximum Gasteiger partial charge on any atom is 0.275 e. The number of rotatable bonds is 4. The summed E-state index contributed by atoms with van der Waals surface area (Å²) in [6.45, 7) is 1.78. The van der Waals surface area contributed by atoms with Crippen LogP contribution in [0.25, 0.3) is 0 Å². The molecule has 2 N–H and O–H groups in total. The third-order valence-electron chi connectivity index (χ3n) is 2.67. The molecule has 0 aliphatic carbocycles. The molecular formula is C14H12BrN3O3. The van der Waals surface area contributed by atoms with Gasteiger partial charge in [0, 0.05) is 22.3 Å². The minimum absolute atomic E-state index is 0.138. The molecule has 0 saturated heterocycles. The van der Waals surface area contributed by atoms with Crippen molar-refractivity contribution in [1.82, 2.24) is 0 Å². The number of nitrogens with zero attached hydrogens (tertiary/aromatic N) is 2. The lowest BCUT2D eigenvalue weighted by molar-refractivity contribution is -0.384. The summed E-state index contributed by atoms with van der Waals surface area (Å²) >= 11 is 3.35. The predicted molar refractivity (Wildman–Crippen MR) is 84.5 cm³/mol. The van der Waals surface area contributed by atoms with E-state index in [9.17, 15) is 10.1 Å². The number of hydrogen-bond acceptors (Lipinski definition) is 5. The molecule has 0 unspecified atom stereocenters. The highest BCUT2D eigenvalue weighted by atomic mass is 79.9. The van der Waals surface area contributed by atoms with Gasteiger partial charge in [0.25, 0.3) is 5.69 Å². The van der Waals surface area contributed by atoms with Crippen molar-refractivity contribution in [3.05, 3.63) is 62.6 Å². The second-order valence-electron chi connectivity index (χ2n) is 4.29. The molecule has 0 bridgehead atoms. The summed E-state index contributed by atoms with van der Waals surface area (Å²) < 4.78 is 0.964. The van der Waals surface area contributed by atoms with Gasteiger partial charge in [0.05, 0.1) is 16.7 Å². The summed E-state index contributed by atoms with van der Waals surface area (Å²) in [5, 5.41) is 14.7. The lowest BCUT2D eigenvalue weighted by Crippen LogP contribution is -1.98. The molecule has 2 aromatic rings. The molecule has 21 heavy (non-hydrogen) atoms. The molecule has 0 atom stereocenters. The van der Waals surface area contributed by atoms with Gasteiger partial charge in [-0.2, -0.15) is 0 Å². The van der Waals surface area contributed by atoms with Crippen LogP contribution in [0.1, 0.15) is 12.5 Å². The Morgan fingerprint density at radius 2 is 1.95 bits per heavy atom. The lowest BCUT2D eigenvalue weighted by Gasteiger charge is -2.03. The molecule has 2 rings (SSSR count). The van der Waals surface area contributed by atoms with Gasteiger partial charge in [-0.3, -0.25) is 10.1 Å². The molecule has 0 fully saturated rings. The highest BCUT2D eigenvalue weighted by Gasteiger charge is 2.09. The maximum absolute atomic E-state index is 10.8. The number of nitrogens with two attached hydrogens (primary N) is 1. The van der Waals surface area contributed by atoms with Gasteiger partial charge in [-0.05, 0) is 24.6 Å². The Hall–Kier alpha value is -2.41. The Kier molecular flexibility index (Phi) is 4.54. The highest BCUT2D eigenvalue weighted by molar-refractivity contribution is 9.10. The second-order valence-corrected chi connectivity index (χ2v) is 5.21. The average Bonchev–Trinajstić information content (AvgIpc) is 2.45. The molecule has 108 valence electrons. The number of oxime groups is 1. The zero-order valence-corrected chi connectivity index (χ0v) is 12.7. The molecule has 2 aromatic carbocycles. The molecular weight excluding hydrogens is 338 g/mol. The molecule has 7 heteroatoms. The van der Waals surface area contributed by atoms with E-state index in [0.717, 1.165) is 10.0 Å². The van der Waals surface area contributed by atoms with Crippen LogP contribution >= 0.6 is 15.9 Å². The van der Waals surface area contributed by atoms with E-state index in [1.54, 1.807) is 6.92 Å². The van der Waals surface area contributed by atoms with Gasteiger partial charge < -0.3 is 10.6 Å². The first-order valence-corrected chi connectivity index (χ1v) is 6.77.